The molecule has 29 heavy (non-hydrogen) atoms. The molecular weight excluding hydrogens is 376 g/mol. The third-order valence-corrected chi connectivity index (χ3v) is 5.73. The maximum absolute atomic E-state index is 13.4. The number of rotatable bonds is 3. The van der Waals surface area contributed by atoms with Crippen LogP contribution in [0.4, 0.5) is 19.3 Å². The van der Waals surface area contributed by atoms with E-state index in [9.17, 15) is 18.4 Å². The third kappa shape index (κ3) is 4.39. The number of anilines is 1. The molecule has 152 valence electrons. The Morgan fingerprint density at radius 1 is 0.931 bits per heavy atom. The first-order valence-electron chi connectivity index (χ1n) is 9.91. The number of nitrogens with one attached hydrogen (secondary N) is 2. The summed E-state index contributed by atoms with van der Waals surface area (Å²) >= 11 is 0. The van der Waals surface area contributed by atoms with Gasteiger partial charge in [-0.05, 0) is 74.6 Å². The molecule has 3 amide bonds. The number of carbonyl (C=O) groups excluding carboxylic acids is 2. The molecular formula is C22H23F2N3O2. The predicted octanol–water partition coefficient (Wildman–Crippen LogP) is 4.31. The van der Waals surface area contributed by atoms with E-state index >= 15 is 0 Å². The number of hydrogen-bond donors (Lipinski definition) is 2. The van der Waals surface area contributed by atoms with Crippen LogP contribution in [0.3, 0.4) is 0 Å². The molecule has 2 aromatic carbocycles. The first-order chi connectivity index (χ1) is 14.0. The lowest BCUT2D eigenvalue weighted by Crippen LogP contribution is -2.59. The molecule has 0 radical (unpaired) electrons. The summed E-state index contributed by atoms with van der Waals surface area (Å²) in [6, 6.07) is 11.1. The first-order valence-corrected chi connectivity index (χ1v) is 9.91. The van der Waals surface area contributed by atoms with E-state index in [-0.39, 0.29) is 35.9 Å². The fourth-order valence-electron chi connectivity index (χ4n) is 4.46. The van der Waals surface area contributed by atoms with Crippen LogP contribution >= 0.6 is 0 Å². The van der Waals surface area contributed by atoms with Crippen molar-refractivity contribution in [3.05, 3.63) is 65.7 Å². The molecule has 3 atom stereocenters. The van der Waals surface area contributed by atoms with Crippen molar-refractivity contribution in [1.29, 1.82) is 0 Å². The van der Waals surface area contributed by atoms with Gasteiger partial charge in [-0.15, -0.1) is 0 Å². The molecule has 0 aromatic heterocycles. The van der Waals surface area contributed by atoms with E-state index in [1.54, 1.807) is 12.1 Å². The fourth-order valence-corrected chi connectivity index (χ4v) is 4.46. The number of halogens is 2. The van der Waals surface area contributed by atoms with Crippen molar-refractivity contribution in [2.24, 2.45) is 0 Å². The normalized spacial score (nSPS) is 23.4. The van der Waals surface area contributed by atoms with Crippen LogP contribution in [0, 0.1) is 11.6 Å². The van der Waals surface area contributed by atoms with Crippen LogP contribution < -0.4 is 10.6 Å². The van der Waals surface area contributed by atoms with Crippen LogP contribution in [-0.2, 0) is 0 Å². The lowest BCUT2D eigenvalue weighted by atomic mass is 9.82. The van der Waals surface area contributed by atoms with E-state index < -0.39 is 5.82 Å². The molecule has 2 bridgehead atoms. The molecule has 5 nitrogen and oxygen atoms in total. The average molecular weight is 399 g/mol. The van der Waals surface area contributed by atoms with Crippen molar-refractivity contribution in [3.63, 3.8) is 0 Å². The number of amides is 3. The second kappa shape index (κ2) is 8.19. The van der Waals surface area contributed by atoms with Gasteiger partial charge in [-0.2, -0.15) is 0 Å². The summed E-state index contributed by atoms with van der Waals surface area (Å²) in [5.74, 6) is -1.01. The van der Waals surface area contributed by atoms with Gasteiger partial charge in [-0.25, -0.2) is 13.6 Å². The minimum absolute atomic E-state index is 0.0228. The van der Waals surface area contributed by atoms with Gasteiger partial charge in [0.1, 0.15) is 11.6 Å². The Hall–Kier alpha value is -2.96. The number of hydrogen-bond acceptors (Lipinski definition) is 2. The lowest BCUT2D eigenvalue weighted by Gasteiger charge is -2.48. The minimum Gasteiger partial charge on any atom is -0.349 e. The van der Waals surface area contributed by atoms with Crippen molar-refractivity contribution in [1.82, 2.24) is 10.2 Å². The second-order valence-corrected chi connectivity index (χ2v) is 7.74. The molecule has 0 saturated carbocycles. The summed E-state index contributed by atoms with van der Waals surface area (Å²) < 4.78 is 26.5. The summed E-state index contributed by atoms with van der Waals surface area (Å²) in [5.41, 5.74) is 0.850. The van der Waals surface area contributed by atoms with Crippen LogP contribution in [0.5, 0.6) is 0 Å². The molecule has 2 heterocycles. The molecule has 7 heteroatoms. The molecule has 2 aromatic rings. The van der Waals surface area contributed by atoms with Gasteiger partial charge in [0, 0.05) is 29.4 Å². The number of fused-ring (bicyclic) bond motifs is 2. The minimum atomic E-state index is -0.398. The SMILES string of the molecule is O=C(NC1C[C@H]2CCC[C@@H](C1)N2C(=O)Nc1cccc(F)c1)c1ccc(F)cc1. The topological polar surface area (TPSA) is 61.4 Å². The average Bonchev–Trinajstić information content (AvgIpc) is 2.67. The Balaban J connectivity index is 1.41. The monoisotopic (exact) mass is 399 g/mol. The zero-order chi connectivity index (χ0) is 20.4. The van der Waals surface area contributed by atoms with E-state index in [2.05, 4.69) is 10.6 Å². The van der Waals surface area contributed by atoms with Gasteiger partial charge in [0.25, 0.3) is 5.91 Å². The number of benzene rings is 2. The summed E-state index contributed by atoms with van der Waals surface area (Å²) in [6.45, 7) is 0. The van der Waals surface area contributed by atoms with Gasteiger partial charge in [0.2, 0.25) is 0 Å². The zero-order valence-corrected chi connectivity index (χ0v) is 15.9. The van der Waals surface area contributed by atoms with E-state index in [1.165, 1.54) is 36.4 Å². The van der Waals surface area contributed by atoms with Gasteiger partial charge >= 0.3 is 6.03 Å². The van der Waals surface area contributed by atoms with Gasteiger partial charge in [0.05, 0.1) is 0 Å². The van der Waals surface area contributed by atoms with Gasteiger partial charge in [-0.1, -0.05) is 6.07 Å². The van der Waals surface area contributed by atoms with Gasteiger partial charge in [-0.3, -0.25) is 4.79 Å². The smallest absolute Gasteiger partial charge is 0.322 e. The van der Waals surface area contributed by atoms with Gasteiger partial charge in [0.15, 0.2) is 0 Å². The summed E-state index contributed by atoms with van der Waals surface area (Å²) in [6.07, 6.45) is 4.11. The molecule has 4 rings (SSSR count). The largest absolute Gasteiger partial charge is 0.349 e. The Kier molecular flexibility index (Phi) is 5.47. The van der Waals surface area contributed by atoms with Crippen LogP contribution in [0.2, 0.25) is 0 Å². The second-order valence-electron chi connectivity index (χ2n) is 7.74. The highest BCUT2D eigenvalue weighted by molar-refractivity contribution is 5.94. The Morgan fingerprint density at radius 2 is 1.62 bits per heavy atom. The van der Waals surface area contributed by atoms with Crippen molar-refractivity contribution in [2.75, 3.05) is 5.32 Å². The highest BCUT2D eigenvalue weighted by atomic mass is 19.1. The highest BCUT2D eigenvalue weighted by Gasteiger charge is 2.41. The van der Waals surface area contributed by atoms with E-state index in [1.807, 2.05) is 4.90 Å². The van der Waals surface area contributed by atoms with Crippen molar-refractivity contribution < 1.29 is 18.4 Å². The predicted molar refractivity (Wildman–Crippen MR) is 106 cm³/mol. The molecule has 2 aliphatic heterocycles. The maximum Gasteiger partial charge on any atom is 0.322 e. The molecule has 1 unspecified atom stereocenters. The highest BCUT2D eigenvalue weighted by Crippen LogP contribution is 2.34. The van der Waals surface area contributed by atoms with Crippen LogP contribution in [0.15, 0.2) is 48.5 Å². The Labute approximate surface area is 168 Å². The Morgan fingerprint density at radius 3 is 2.28 bits per heavy atom. The molecule has 2 N–H and O–H groups in total. The van der Waals surface area contributed by atoms with Crippen molar-refractivity contribution in [2.45, 2.75) is 50.2 Å². The zero-order valence-electron chi connectivity index (χ0n) is 15.9. The standard InChI is InChI=1S/C22H23F2N3O2/c23-15-9-7-14(8-10-15)21(28)25-18-12-19-5-2-6-20(13-18)27(19)22(29)26-17-4-1-3-16(24)11-17/h1,3-4,7-11,18-20H,2,5-6,12-13H2,(H,25,28)(H,26,29)/t18?,19-,20+. The van der Waals surface area contributed by atoms with Crippen molar-refractivity contribution >= 4 is 17.6 Å². The van der Waals surface area contributed by atoms with Crippen molar-refractivity contribution in [3.8, 4) is 0 Å². The van der Waals surface area contributed by atoms with Crippen LogP contribution in [0.25, 0.3) is 0 Å². The number of piperidine rings is 2. The fraction of sp³-hybridized carbons (Fsp3) is 0.364. The number of carbonyl (C=O) groups is 2. The third-order valence-electron chi connectivity index (χ3n) is 5.73. The maximum atomic E-state index is 13.4. The summed E-state index contributed by atoms with van der Waals surface area (Å²) in [5, 5.41) is 5.82. The van der Waals surface area contributed by atoms with Gasteiger partial charge < -0.3 is 15.5 Å². The first kappa shape index (κ1) is 19.4. The van der Waals surface area contributed by atoms with Crippen LogP contribution in [0.1, 0.15) is 42.5 Å². The summed E-state index contributed by atoms with van der Waals surface area (Å²) in [7, 11) is 0. The quantitative estimate of drug-likeness (QED) is 0.808. The summed E-state index contributed by atoms with van der Waals surface area (Å²) in [4.78, 5) is 27.2. The number of nitrogens with zero attached hydrogens (tertiary/aromatic N) is 1. The van der Waals surface area contributed by atoms with Crippen LogP contribution in [-0.4, -0.2) is 35.0 Å². The molecule has 2 aliphatic rings. The lowest BCUT2D eigenvalue weighted by molar-refractivity contribution is 0.0577. The molecule has 0 spiro atoms. The molecule has 2 saturated heterocycles. The van der Waals surface area contributed by atoms with E-state index in [0.29, 0.717) is 24.1 Å². The van der Waals surface area contributed by atoms with E-state index in [4.69, 9.17) is 0 Å². The molecule has 2 fully saturated rings. The van der Waals surface area contributed by atoms with E-state index in [0.717, 1.165) is 19.3 Å². The Bertz CT molecular complexity index is 889. The number of urea groups is 1. The molecule has 0 aliphatic carbocycles.